The number of hydrogen-bond donors (Lipinski definition) is 2. The van der Waals surface area contributed by atoms with Crippen LogP contribution in [0.4, 0.5) is 19.0 Å². The second-order valence-corrected chi connectivity index (χ2v) is 3.42. The molecule has 0 saturated heterocycles. The molecule has 7 heteroatoms. The van der Waals surface area contributed by atoms with Crippen LogP contribution in [0.1, 0.15) is 23.3 Å². The molecular weight excluding hydrogens is 235 g/mol. The summed E-state index contributed by atoms with van der Waals surface area (Å²) in [5.74, 6) is -0.340. The van der Waals surface area contributed by atoms with Gasteiger partial charge in [0.25, 0.3) is 5.91 Å². The minimum atomic E-state index is -4.19. The number of nitrogen functional groups attached to an aromatic ring is 1. The standard InChI is InChI=1S/C10H12F3N3O/c11-10(12,13)5-2-6-15-9(17)7-3-1-4-8(14)16-7/h1,3-4H,2,5-6H2,(H2,14,16)(H,15,17). The lowest BCUT2D eigenvalue weighted by atomic mass is 10.3. The third-order valence-corrected chi connectivity index (χ3v) is 1.93. The van der Waals surface area contributed by atoms with Gasteiger partial charge in [0.2, 0.25) is 0 Å². The third kappa shape index (κ3) is 5.19. The van der Waals surface area contributed by atoms with E-state index in [0.29, 0.717) is 0 Å². The highest BCUT2D eigenvalue weighted by Gasteiger charge is 2.26. The van der Waals surface area contributed by atoms with Crippen molar-refractivity contribution in [2.45, 2.75) is 19.0 Å². The molecule has 1 rings (SSSR count). The highest BCUT2D eigenvalue weighted by molar-refractivity contribution is 5.92. The van der Waals surface area contributed by atoms with Gasteiger partial charge < -0.3 is 11.1 Å². The minimum Gasteiger partial charge on any atom is -0.384 e. The number of hydrogen-bond acceptors (Lipinski definition) is 3. The van der Waals surface area contributed by atoms with Gasteiger partial charge in [-0.3, -0.25) is 4.79 Å². The number of halogens is 3. The van der Waals surface area contributed by atoms with Crippen molar-refractivity contribution in [3.05, 3.63) is 23.9 Å². The van der Waals surface area contributed by atoms with Crippen molar-refractivity contribution in [2.75, 3.05) is 12.3 Å². The third-order valence-electron chi connectivity index (χ3n) is 1.93. The Hall–Kier alpha value is -1.79. The summed E-state index contributed by atoms with van der Waals surface area (Å²) in [5, 5.41) is 2.34. The van der Waals surface area contributed by atoms with Gasteiger partial charge in [-0.25, -0.2) is 4.98 Å². The van der Waals surface area contributed by atoms with E-state index in [0.717, 1.165) is 0 Å². The summed E-state index contributed by atoms with van der Waals surface area (Å²) in [4.78, 5) is 15.2. The summed E-state index contributed by atoms with van der Waals surface area (Å²) in [5.41, 5.74) is 5.46. The summed E-state index contributed by atoms with van der Waals surface area (Å²) in [6.45, 7) is -0.0468. The van der Waals surface area contributed by atoms with Crippen molar-refractivity contribution in [1.82, 2.24) is 10.3 Å². The van der Waals surface area contributed by atoms with Crippen LogP contribution >= 0.6 is 0 Å². The molecule has 3 N–H and O–H groups in total. The molecule has 17 heavy (non-hydrogen) atoms. The highest BCUT2D eigenvalue weighted by Crippen LogP contribution is 2.20. The van der Waals surface area contributed by atoms with Gasteiger partial charge in [-0.05, 0) is 18.6 Å². The first-order valence-electron chi connectivity index (χ1n) is 4.96. The first-order chi connectivity index (χ1) is 7.88. The minimum absolute atomic E-state index is 0.0468. The van der Waals surface area contributed by atoms with Gasteiger partial charge in [-0.1, -0.05) is 6.07 Å². The quantitative estimate of drug-likeness (QED) is 0.796. The number of nitrogens with one attached hydrogen (secondary N) is 1. The Bertz CT molecular complexity index is 393. The number of aromatic nitrogens is 1. The van der Waals surface area contributed by atoms with Gasteiger partial charge in [0, 0.05) is 13.0 Å². The van der Waals surface area contributed by atoms with Gasteiger partial charge in [0.05, 0.1) is 0 Å². The van der Waals surface area contributed by atoms with E-state index in [4.69, 9.17) is 5.73 Å². The Balaban J connectivity index is 2.36. The molecule has 1 heterocycles. The van der Waals surface area contributed by atoms with Crippen LogP contribution in [-0.2, 0) is 0 Å². The highest BCUT2D eigenvalue weighted by atomic mass is 19.4. The first-order valence-corrected chi connectivity index (χ1v) is 4.96. The number of carbonyl (C=O) groups excluding carboxylic acids is 1. The molecule has 1 amide bonds. The zero-order valence-corrected chi connectivity index (χ0v) is 8.92. The SMILES string of the molecule is Nc1cccc(C(=O)NCCCC(F)(F)F)n1. The Morgan fingerprint density at radius 3 is 2.71 bits per heavy atom. The molecular formula is C10H12F3N3O. The number of nitrogens with zero attached hydrogens (tertiary/aromatic N) is 1. The largest absolute Gasteiger partial charge is 0.389 e. The van der Waals surface area contributed by atoms with Crippen LogP contribution in [0.25, 0.3) is 0 Å². The lowest BCUT2D eigenvalue weighted by molar-refractivity contribution is -0.135. The molecule has 0 spiro atoms. The average Bonchev–Trinajstić information content (AvgIpc) is 2.23. The number of alkyl halides is 3. The van der Waals surface area contributed by atoms with Gasteiger partial charge in [-0.15, -0.1) is 0 Å². The van der Waals surface area contributed by atoms with Crippen molar-refractivity contribution in [3.63, 3.8) is 0 Å². The molecule has 0 fully saturated rings. The maximum absolute atomic E-state index is 11.8. The van der Waals surface area contributed by atoms with Crippen LogP contribution in [0.3, 0.4) is 0 Å². The van der Waals surface area contributed by atoms with Gasteiger partial charge >= 0.3 is 6.18 Å². The Morgan fingerprint density at radius 1 is 1.41 bits per heavy atom. The fourth-order valence-electron chi connectivity index (χ4n) is 1.16. The number of pyridine rings is 1. The maximum atomic E-state index is 11.8. The van der Waals surface area contributed by atoms with Gasteiger partial charge in [0.15, 0.2) is 0 Å². The van der Waals surface area contributed by atoms with E-state index < -0.39 is 18.5 Å². The molecule has 0 unspecified atom stereocenters. The molecule has 1 aromatic rings. The molecule has 0 bridgehead atoms. The molecule has 0 aliphatic carbocycles. The van der Waals surface area contributed by atoms with Gasteiger partial charge in [-0.2, -0.15) is 13.2 Å². The van der Waals surface area contributed by atoms with Crippen LogP contribution in [0.5, 0.6) is 0 Å². The zero-order valence-electron chi connectivity index (χ0n) is 8.92. The van der Waals surface area contributed by atoms with Crippen molar-refractivity contribution in [3.8, 4) is 0 Å². The zero-order chi connectivity index (χ0) is 12.9. The summed E-state index contributed by atoms with van der Waals surface area (Å²) < 4.78 is 35.4. The summed E-state index contributed by atoms with van der Waals surface area (Å²) >= 11 is 0. The predicted molar refractivity (Wildman–Crippen MR) is 56.3 cm³/mol. The maximum Gasteiger partial charge on any atom is 0.389 e. The van der Waals surface area contributed by atoms with E-state index in [1.807, 2.05) is 0 Å². The molecule has 4 nitrogen and oxygen atoms in total. The average molecular weight is 247 g/mol. The van der Waals surface area contributed by atoms with Crippen LogP contribution in [0.2, 0.25) is 0 Å². The lowest BCUT2D eigenvalue weighted by Crippen LogP contribution is -2.26. The van der Waals surface area contributed by atoms with Crippen molar-refractivity contribution >= 4 is 11.7 Å². The second kappa shape index (κ2) is 5.51. The topological polar surface area (TPSA) is 68.0 Å². The molecule has 0 aliphatic heterocycles. The van der Waals surface area contributed by atoms with Crippen molar-refractivity contribution in [2.24, 2.45) is 0 Å². The smallest absolute Gasteiger partial charge is 0.384 e. The number of anilines is 1. The molecule has 0 atom stereocenters. The van der Waals surface area contributed by atoms with Crippen LogP contribution in [-0.4, -0.2) is 23.6 Å². The van der Waals surface area contributed by atoms with Crippen molar-refractivity contribution < 1.29 is 18.0 Å². The lowest BCUT2D eigenvalue weighted by Gasteiger charge is -2.07. The summed E-state index contributed by atoms with van der Waals surface area (Å²) in [6, 6.07) is 4.50. The number of rotatable bonds is 4. The Labute approximate surface area is 96.0 Å². The van der Waals surface area contributed by atoms with E-state index in [1.165, 1.54) is 12.1 Å². The molecule has 0 aliphatic rings. The number of nitrogens with two attached hydrogens (primary N) is 1. The number of carbonyl (C=O) groups is 1. The fraction of sp³-hybridized carbons (Fsp3) is 0.400. The van der Waals surface area contributed by atoms with Crippen molar-refractivity contribution in [1.29, 1.82) is 0 Å². The van der Waals surface area contributed by atoms with E-state index in [1.54, 1.807) is 6.07 Å². The summed E-state index contributed by atoms with van der Waals surface area (Å²) in [6.07, 6.45) is -5.27. The van der Waals surface area contributed by atoms with E-state index in [-0.39, 0.29) is 24.5 Å². The van der Waals surface area contributed by atoms with Crippen LogP contribution in [0, 0.1) is 0 Å². The molecule has 0 aromatic carbocycles. The van der Waals surface area contributed by atoms with E-state index in [9.17, 15) is 18.0 Å². The second-order valence-electron chi connectivity index (χ2n) is 3.42. The predicted octanol–water partition coefficient (Wildman–Crippen LogP) is 1.74. The molecule has 1 aromatic heterocycles. The van der Waals surface area contributed by atoms with Crippen LogP contribution in [0.15, 0.2) is 18.2 Å². The van der Waals surface area contributed by atoms with E-state index in [2.05, 4.69) is 10.3 Å². The molecule has 0 radical (unpaired) electrons. The molecule has 0 saturated carbocycles. The Kier molecular flexibility index (Phi) is 4.30. The normalized spacial score (nSPS) is 11.2. The number of amides is 1. The van der Waals surface area contributed by atoms with Crippen LogP contribution < -0.4 is 11.1 Å². The Morgan fingerprint density at radius 2 is 2.12 bits per heavy atom. The van der Waals surface area contributed by atoms with E-state index >= 15 is 0 Å². The monoisotopic (exact) mass is 247 g/mol. The fourth-order valence-corrected chi connectivity index (χ4v) is 1.16. The summed E-state index contributed by atoms with van der Waals surface area (Å²) in [7, 11) is 0. The molecule has 94 valence electrons. The van der Waals surface area contributed by atoms with Gasteiger partial charge in [0.1, 0.15) is 11.5 Å². The first kappa shape index (κ1) is 13.3.